The van der Waals surface area contributed by atoms with Crippen molar-refractivity contribution < 1.29 is 14.3 Å². The number of carbonyl (C=O) groups excluding carboxylic acids is 1. The van der Waals surface area contributed by atoms with Gasteiger partial charge in [0.2, 0.25) is 0 Å². The van der Waals surface area contributed by atoms with Crippen molar-refractivity contribution in [2.24, 2.45) is 0 Å². The number of benzene rings is 1. The van der Waals surface area contributed by atoms with Crippen molar-refractivity contribution in [2.75, 3.05) is 26.8 Å². The highest BCUT2D eigenvalue weighted by atomic mass is 35.5. The fraction of sp³-hybridized carbons (Fsp3) is 0.533. The molecule has 0 bridgehead atoms. The van der Waals surface area contributed by atoms with Gasteiger partial charge in [-0.05, 0) is 45.0 Å². The molecule has 1 fully saturated rings. The molecule has 0 atom stereocenters. The lowest BCUT2D eigenvalue weighted by Gasteiger charge is -2.24. The minimum absolute atomic E-state index is 0. The third kappa shape index (κ3) is 4.66. The van der Waals surface area contributed by atoms with Crippen molar-refractivity contribution in [3.8, 4) is 11.5 Å². The molecule has 7 heteroatoms. The zero-order valence-electron chi connectivity index (χ0n) is 12.8. The first-order valence-corrected chi connectivity index (χ1v) is 7.55. The summed E-state index contributed by atoms with van der Waals surface area (Å²) in [4.78, 5) is 12.3. The second-order valence-electron chi connectivity index (χ2n) is 4.92. The molecule has 1 aromatic rings. The van der Waals surface area contributed by atoms with E-state index in [1.54, 1.807) is 12.1 Å². The lowest BCUT2D eigenvalue weighted by Crippen LogP contribution is -2.42. The Kier molecular flexibility index (Phi) is 7.79. The van der Waals surface area contributed by atoms with E-state index in [2.05, 4.69) is 10.6 Å². The van der Waals surface area contributed by atoms with Gasteiger partial charge in [0.25, 0.3) is 5.91 Å². The van der Waals surface area contributed by atoms with Crippen LogP contribution in [0.15, 0.2) is 12.1 Å². The minimum atomic E-state index is -0.134. The first kappa shape index (κ1) is 18.9. The number of halogens is 2. The van der Waals surface area contributed by atoms with Gasteiger partial charge in [0.05, 0.1) is 18.7 Å². The van der Waals surface area contributed by atoms with Crippen LogP contribution in [-0.2, 0) is 0 Å². The molecule has 0 spiro atoms. The summed E-state index contributed by atoms with van der Waals surface area (Å²) in [6.45, 7) is 4.21. The van der Waals surface area contributed by atoms with Crippen LogP contribution in [0.4, 0.5) is 0 Å². The Morgan fingerprint density at radius 2 is 2.09 bits per heavy atom. The molecule has 0 aliphatic carbocycles. The van der Waals surface area contributed by atoms with Crippen LogP contribution in [-0.4, -0.2) is 38.8 Å². The molecule has 1 aliphatic heterocycles. The van der Waals surface area contributed by atoms with Gasteiger partial charge in [-0.15, -0.1) is 12.4 Å². The molecule has 2 N–H and O–H groups in total. The molecular weight excluding hydrogens is 327 g/mol. The summed E-state index contributed by atoms with van der Waals surface area (Å²) in [5.74, 6) is 0.810. The molecule has 1 saturated heterocycles. The maximum atomic E-state index is 12.3. The standard InChI is InChI=1S/C15H21ClN2O3.ClH/c1-3-21-14-12(16)8-10(9-13(14)20-2)15(19)18-11-4-6-17-7-5-11;/h8-9,11,17H,3-7H2,1-2H3,(H,18,19);1H. The van der Waals surface area contributed by atoms with E-state index < -0.39 is 0 Å². The van der Waals surface area contributed by atoms with Crippen molar-refractivity contribution in [1.29, 1.82) is 0 Å². The van der Waals surface area contributed by atoms with Crippen LogP contribution >= 0.6 is 24.0 Å². The van der Waals surface area contributed by atoms with Gasteiger partial charge in [0.1, 0.15) is 0 Å². The third-order valence-electron chi connectivity index (χ3n) is 3.45. The lowest BCUT2D eigenvalue weighted by atomic mass is 10.1. The summed E-state index contributed by atoms with van der Waals surface area (Å²) in [5.41, 5.74) is 0.485. The van der Waals surface area contributed by atoms with Crippen LogP contribution in [0.1, 0.15) is 30.1 Å². The monoisotopic (exact) mass is 348 g/mol. The average molecular weight is 349 g/mol. The predicted octanol–water partition coefficient (Wildman–Crippen LogP) is 2.65. The van der Waals surface area contributed by atoms with Crippen LogP contribution in [0.25, 0.3) is 0 Å². The summed E-state index contributed by atoms with van der Waals surface area (Å²) in [6, 6.07) is 3.48. The zero-order valence-corrected chi connectivity index (χ0v) is 14.4. The number of hydrogen-bond acceptors (Lipinski definition) is 4. The van der Waals surface area contributed by atoms with E-state index in [4.69, 9.17) is 21.1 Å². The van der Waals surface area contributed by atoms with Crippen LogP contribution in [0.3, 0.4) is 0 Å². The fourth-order valence-corrected chi connectivity index (χ4v) is 2.64. The smallest absolute Gasteiger partial charge is 0.251 e. The summed E-state index contributed by atoms with van der Waals surface area (Å²) < 4.78 is 10.7. The van der Waals surface area contributed by atoms with Crippen LogP contribution in [0, 0.1) is 0 Å². The van der Waals surface area contributed by atoms with Crippen LogP contribution < -0.4 is 20.1 Å². The second-order valence-corrected chi connectivity index (χ2v) is 5.33. The molecule has 1 aromatic carbocycles. The van der Waals surface area contributed by atoms with Crippen molar-refractivity contribution in [3.05, 3.63) is 22.7 Å². The van der Waals surface area contributed by atoms with Crippen molar-refractivity contribution >= 4 is 29.9 Å². The highest BCUT2D eigenvalue weighted by Crippen LogP contribution is 2.36. The van der Waals surface area contributed by atoms with E-state index in [1.165, 1.54) is 7.11 Å². The van der Waals surface area contributed by atoms with Gasteiger partial charge in [-0.25, -0.2) is 0 Å². The van der Waals surface area contributed by atoms with Crippen molar-refractivity contribution in [2.45, 2.75) is 25.8 Å². The summed E-state index contributed by atoms with van der Waals surface area (Å²) in [7, 11) is 1.53. The van der Waals surface area contributed by atoms with Crippen LogP contribution in [0.2, 0.25) is 5.02 Å². The van der Waals surface area contributed by atoms with E-state index >= 15 is 0 Å². The van der Waals surface area contributed by atoms with Gasteiger partial charge >= 0.3 is 0 Å². The predicted molar refractivity (Wildman–Crippen MR) is 89.8 cm³/mol. The van der Waals surface area contributed by atoms with Crippen molar-refractivity contribution in [1.82, 2.24) is 10.6 Å². The Labute approximate surface area is 142 Å². The molecule has 0 radical (unpaired) electrons. The number of hydrogen-bond donors (Lipinski definition) is 2. The molecule has 1 aliphatic rings. The van der Waals surface area contributed by atoms with Gasteiger partial charge in [-0.2, -0.15) is 0 Å². The maximum Gasteiger partial charge on any atom is 0.251 e. The van der Waals surface area contributed by atoms with Crippen LogP contribution in [0.5, 0.6) is 11.5 Å². The Bertz CT molecular complexity index is 506. The van der Waals surface area contributed by atoms with Gasteiger partial charge in [0.15, 0.2) is 11.5 Å². The number of amides is 1. The number of nitrogens with one attached hydrogen (secondary N) is 2. The van der Waals surface area contributed by atoms with Gasteiger partial charge < -0.3 is 20.1 Å². The van der Waals surface area contributed by atoms with E-state index in [-0.39, 0.29) is 24.4 Å². The van der Waals surface area contributed by atoms with Gasteiger partial charge in [0, 0.05) is 11.6 Å². The lowest BCUT2D eigenvalue weighted by molar-refractivity contribution is 0.0929. The fourth-order valence-electron chi connectivity index (χ4n) is 2.37. The number of carbonyl (C=O) groups is 1. The highest BCUT2D eigenvalue weighted by molar-refractivity contribution is 6.32. The molecule has 0 saturated carbocycles. The number of methoxy groups -OCH3 is 1. The molecule has 2 rings (SSSR count). The molecule has 124 valence electrons. The Hall–Kier alpha value is -1.17. The van der Waals surface area contributed by atoms with E-state index in [9.17, 15) is 4.79 Å². The van der Waals surface area contributed by atoms with Crippen molar-refractivity contribution in [3.63, 3.8) is 0 Å². The number of piperidine rings is 1. The Balaban J connectivity index is 0.00000242. The Morgan fingerprint density at radius 1 is 1.41 bits per heavy atom. The third-order valence-corrected chi connectivity index (χ3v) is 3.74. The van der Waals surface area contributed by atoms with E-state index in [1.807, 2.05) is 6.92 Å². The largest absolute Gasteiger partial charge is 0.493 e. The molecule has 22 heavy (non-hydrogen) atoms. The topological polar surface area (TPSA) is 59.6 Å². The maximum absolute atomic E-state index is 12.3. The highest BCUT2D eigenvalue weighted by Gasteiger charge is 2.19. The molecule has 0 unspecified atom stereocenters. The van der Waals surface area contributed by atoms with E-state index in [0.717, 1.165) is 25.9 Å². The summed E-state index contributed by atoms with van der Waals surface area (Å²) in [5, 5.41) is 6.68. The number of rotatable bonds is 5. The normalized spacial score (nSPS) is 14.9. The first-order chi connectivity index (χ1) is 10.2. The van der Waals surface area contributed by atoms with Gasteiger partial charge in [-0.3, -0.25) is 4.79 Å². The van der Waals surface area contributed by atoms with E-state index in [0.29, 0.717) is 28.7 Å². The minimum Gasteiger partial charge on any atom is -0.493 e. The summed E-state index contributed by atoms with van der Waals surface area (Å²) >= 11 is 6.18. The molecule has 0 aromatic heterocycles. The SMILES string of the molecule is CCOc1c(Cl)cc(C(=O)NC2CCNCC2)cc1OC.Cl. The quantitative estimate of drug-likeness (QED) is 0.858. The average Bonchev–Trinajstić information content (AvgIpc) is 2.50. The second kappa shape index (κ2) is 9.08. The molecule has 1 heterocycles. The summed E-state index contributed by atoms with van der Waals surface area (Å²) in [6.07, 6.45) is 1.88. The molecule has 5 nitrogen and oxygen atoms in total. The van der Waals surface area contributed by atoms with Gasteiger partial charge in [-0.1, -0.05) is 11.6 Å². The molecule has 1 amide bonds. The Morgan fingerprint density at radius 3 is 2.68 bits per heavy atom. The number of ether oxygens (including phenoxy) is 2. The zero-order chi connectivity index (χ0) is 15.2. The first-order valence-electron chi connectivity index (χ1n) is 7.17. The molecular formula is C15H22Cl2N2O3.